The quantitative estimate of drug-likeness (QED) is 0.410. The molecule has 6 nitrogen and oxygen atoms in total. The fraction of sp³-hybridized carbons (Fsp3) is 0.667. The van der Waals surface area contributed by atoms with Gasteiger partial charge in [-0.15, -0.1) is 0 Å². The van der Waals surface area contributed by atoms with Gasteiger partial charge in [0.2, 0.25) is 6.17 Å². The van der Waals surface area contributed by atoms with Crippen molar-refractivity contribution >= 4 is 5.97 Å². The summed E-state index contributed by atoms with van der Waals surface area (Å²) in [7, 11) is 0. The Labute approximate surface area is 50.8 Å². The predicted octanol–water partition coefficient (Wildman–Crippen LogP) is -1.31. The minimum Gasteiger partial charge on any atom is -0.479 e. The second kappa shape index (κ2) is 2.08. The molecule has 1 aliphatic heterocycles. The van der Waals surface area contributed by atoms with Crippen molar-refractivity contribution in [3.63, 3.8) is 0 Å². The van der Waals surface area contributed by atoms with Crippen LogP contribution in [-0.2, 0) is 4.79 Å². The van der Waals surface area contributed by atoms with E-state index in [4.69, 9.17) is 10.8 Å². The summed E-state index contributed by atoms with van der Waals surface area (Å²) in [5.41, 5.74) is 5.13. The Bertz CT molecular complexity index is 156. The van der Waals surface area contributed by atoms with Crippen LogP contribution < -0.4 is 11.1 Å². The number of hydrogen-bond acceptors (Lipinski definition) is 5. The zero-order chi connectivity index (χ0) is 6.85. The zero-order valence-electron chi connectivity index (χ0n) is 4.48. The van der Waals surface area contributed by atoms with E-state index in [0.29, 0.717) is 0 Å². The number of nitrogens with zero attached hydrogens (tertiary/aromatic N) is 2. The van der Waals surface area contributed by atoms with Crippen molar-refractivity contribution in [2.24, 2.45) is 16.0 Å². The van der Waals surface area contributed by atoms with Gasteiger partial charge in [-0.3, -0.25) is 5.73 Å². The minimum atomic E-state index is -1.06. The monoisotopic (exact) mass is 130 g/mol. The van der Waals surface area contributed by atoms with Gasteiger partial charge >= 0.3 is 5.97 Å². The van der Waals surface area contributed by atoms with E-state index in [-0.39, 0.29) is 0 Å². The summed E-state index contributed by atoms with van der Waals surface area (Å²) in [4.78, 5) is 10.1. The number of nitrogens with one attached hydrogen (secondary N) is 1. The number of hydrogen-bond donors (Lipinski definition) is 3. The topological polar surface area (TPSA) is 100 Å². The van der Waals surface area contributed by atoms with Crippen LogP contribution in [0.25, 0.3) is 0 Å². The third-order valence-electron chi connectivity index (χ3n) is 0.869. The van der Waals surface area contributed by atoms with E-state index in [9.17, 15) is 4.79 Å². The molecule has 2 atom stereocenters. The first-order valence-corrected chi connectivity index (χ1v) is 2.34. The van der Waals surface area contributed by atoms with Crippen LogP contribution in [0.4, 0.5) is 0 Å². The predicted molar refractivity (Wildman–Crippen MR) is 27.4 cm³/mol. The molecule has 0 spiro atoms. The molecule has 6 heteroatoms. The molecule has 50 valence electrons. The molecule has 0 amide bonds. The molecule has 0 radical (unpaired) electrons. The molecule has 0 aromatic rings. The smallest absolute Gasteiger partial charge is 0.345 e. The van der Waals surface area contributed by atoms with Gasteiger partial charge < -0.3 is 5.11 Å². The largest absolute Gasteiger partial charge is 0.479 e. The van der Waals surface area contributed by atoms with Crippen LogP contribution in [0.3, 0.4) is 0 Å². The fourth-order valence-corrected chi connectivity index (χ4v) is 0.488. The average Bonchev–Trinajstić information content (AvgIpc) is 2.14. The lowest BCUT2D eigenvalue weighted by Crippen LogP contribution is -2.40. The molecule has 0 saturated carbocycles. The van der Waals surface area contributed by atoms with Gasteiger partial charge in [-0.2, -0.15) is 10.2 Å². The summed E-state index contributed by atoms with van der Waals surface area (Å²) in [6.07, 6.45) is -1.62. The average molecular weight is 130 g/mol. The maximum atomic E-state index is 10.1. The maximum absolute atomic E-state index is 10.1. The molecule has 1 rings (SSSR count). The van der Waals surface area contributed by atoms with Crippen LogP contribution in [0, 0.1) is 0 Å². The highest BCUT2D eigenvalue weighted by molar-refractivity contribution is 5.73. The minimum absolute atomic E-state index is 0.661. The Morgan fingerprint density at radius 3 is 2.56 bits per heavy atom. The highest BCUT2D eigenvalue weighted by Gasteiger charge is 2.23. The Morgan fingerprint density at radius 2 is 2.33 bits per heavy atom. The van der Waals surface area contributed by atoms with Gasteiger partial charge in [0.25, 0.3) is 0 Å². The van der Waals surface area contributed by atoms with Crippen molar-refractivity contribution in [3.8, 4) is 0 Å². The van der Waals surface area contributed by atoms with E-state index in [1.807, 2.05) is 0 Å². The summed E-state index contributed by atoms with van der Waals surface area (Å²) in [5.74, 6) is -1.06. The molecular weight excluding hydrogens is 124 g/mol. The zero-order valence-corrected chi connectivity index (χ0v) is 4.48. The molecule has 9 heavy (non-hydrogen) atoms. The number of carbonyl (C=O) groups is 1. The number of azo groups is 1. The molecular formula is C3H6N4O2. The van der Waals surface area contributed by atoms with Crippen LogP contribution >= 0.6 is 0 Å². The van der Waals surface area contributed by atoms with Crippen molar-refractivity contribution in [1.82, 2.24) is 5.32 Å². The van der Waals surface area contributed by atoms with Gasteiger partial charge in [-0.25, -0.2) is 10.1 Å². The Morgan fingerprint density at radius 1 is 1.67 bits per heavy atom. The van der Waals surface area contributed by atoms with Crippen LogP contribution in [0.15, 0.2) is 10.2 Å². The maximum Gasteiger partial charge on any atom is 0.345 e. The molecule has 1 heterocycles. The Kier molecular flexibility index (Phi) is 1.41. The van der Waals surface area contributed by atoms with Crippen molar-refractivity contribution in [1.29, 1.82) is 0 Å². The summed E-state index contributed by atoms with van der Waals surface area (Å²) < 4.78 is 0. The Balaban J connectivity index is 2.50. The molecule has 0 bridgehead atoms. The molecule has 1 aliphatic rings. The number of nitrogens with two attached hydrogens (primary N) is 1. The van der Waals surface area contributed by atoms with Gasteiger partial charge in [-0.05, 0) is 0 Å². The van der Waals surface area contributed by atoms with E-state index < -0.39 is 18.4 Å². The number of aliphatic carboxylic acids is 1. The highest BCUT2D eigenvalue weighted by atomic mass is 16.4. The van der Waals surface area contributed by atoms with Crippen molar-refractivity contribution in [2.75, 3.05) is 0 Å². The van der Waals surface area contributed by atoms with Gasteiger partial charge in [0, 0.05) is 0 Å². The number of carboxylic acid groups (broad SMARTS) is 1. The summed E-state index contributed by atoms with van der Waals surface area (Å²) in [6, 6.07) is 0. The third kappa shape index (κ3) is 1.21. The number of rotatable bonds is 1. The fourth-order valence-electron chi connectivity index (χ4n) is 0.488. The lowest BCUT2D eigenvalue weighted by atomic mass is 10.5. The molecule has 0 aliphatic carbocycles. The summed E-state index contributed by atoms with van der Waals surface area (Å²) >= 11 is 0. The van der Waals surface area contributed by atoms with Crippen LogP contribution in [0.2, 0.25) is 0 Å². The first kappa shape index (κ1) is 6.12. The molecule has 0 fully saturated rings. The standard InChI is InChI=1S/C3H6N4O2/c4-3-5-1(2(8)9)6-7-3/h1,3,5H,4H2,(H,8,9)/t1-,3-/m1/s1. The number of carboxylic acids is 1. The summed E-state index contributed by atoms with van der Waals surface area (Å²) in [5, 5.41) is 17.3. The van der Waals surface area contributed by atoms with Crippen LogP contribution in [0.5, 0.6) is 0 Å². The first-order chi connectivity index (χ1) is 4.20. The lowest BCUT2D eigenvalue weighted by Gasteiger charge is -1.99. The van der Waals surface area contributed by atoms with Crippen molar-refractivity contribution < 1.29 is 9.90 Å². The van der Waals surface area contributed by atoms with Gasteiger partial charge in [0.15, 0.2) is 6.29 Å². The highest BCUT2D eigenvalue weighted by Crippen LogP contribution is 1.97. The molecule has 0 aromatic carbocycles. The van der Waals surface area contributed by atoms with Crippen molar-refractivity contribution in [3.05, 3.63) is 0 Å². The normalized spacial score (nSPS) is 33.0. The summed E-state index contributed by atoms with van der Waals surface area (Å²) in [6.45, 7) is 0. The second-order valence-corrected chi connectivity index (χ2v) is 1.58. The third-order valence-corrected chi connectivity index (χ3v) is 0.869. The van der Waals surface area contributed by atoms with E-state index in [1.165, 1.54) is 0 Å². The lowest BCUT2D eigenvalue weighted by molar-refractivity contribution is -0.139. The van der Waals surface area contributed by atoms with E-state index in [0.717, 1.165) is 0 Å². The molecule has 4 N–H and O–H groups in total. The van der Waals surface area contributed by atoms with Crippen LogP contribution in [-0.4, -0.2) is 23.5 Å². The first-order valence-electron chi connectivity index (χ1n) is 2.34. The van der Waals surface area contributed by atoms with Crippen LogP contribution in [0.1, 0.15) is 0 Å². The SMILES string of the molecule is N[C@H]1N=N[C@H](C(=O)O)N1. The van der Waals surface area contributed by atoms with Gasteiger partial charge in [0.1, 0.15) is 0 Å². The second-order valence-electron chi connectivity index (χ2n) is 1.58. The van der Waals surface area contributed by atoms with Gasteiger partial charge in [0.05, 0.1) is 0 Å². The van der Waals surface area contributed by atoms with E-state index in [2.05, 4.69) is 15.5 Å². The van der Waals surface area contributed by atoms with Crippen molar-refractivity contribution in [2.45, 2.75) is 12.5 Å². The molecule has 0 saturated heterocycles. The van der Waals surface area contributed by atoms with Gasteiger partial charge in [-0.1, -0.05) is 0 Å². The van der Waals surface area contributed by atoms with E-state index in [1.54, 1.807) is 0 Å². The van der Waals surface area contributed by atoms with E-state index >= 15 is 0 Å². The molecule has 0 aromatic heterocycles. The molecule has 0 unspecified atom stereocenters. The Hall–Kier alpha value is -1.01.